The predicted molar refractivity (Wildman–Crippen MR) is 136 cm³/mol. The highest BCUT2D eigenvalue weighted by atomic mass is 16.5. The summed E-state index contributed by atoms with van der Waals surface area (Å²) in [5.74, 6) is 5.39. The zero-order valence-corrected chi connectivity index (χ0v) is 19.8. The van der Waals surface area contributed by atoms with Gasteiger partial charge in [-0.15, -0.1) is 5.92 Å². The molecule has 4 nitrogen and oxygen atoms in total. The lowest BCUT2D eigenvalue weighted by Gasteiger charge is -2.23. The number of hydrogen-bond donors (Lipinski definition) is 2. The second-order valence-corrected chi connectivity index (χ2v) is 8.57. The number of aryl methyl sites for hydroxylation is 2. The van der Waals surface area contributed by atoms with Crippen LogP contribution in [0.5, 0.6) is 5.75 Å². The Hall–Kier alpha value is -3.97. The standard InChI is InChI=1S/C30H29NO3/c1-4-7-25(19-29(32)33)22-10-13-26(14-11-22)34-28(18-24-9-6-5-8-20(24)2)27-15-12-23-16-17-31-30(23)21(27)3/h5-6,8-17,25,28,31H,18-19H2,1-3H3,(H,32,33)/t25?,28-/m0/s1. The molecule has 0 amide bonds. The fourth-order valence-corrected chi connectivity index (χ4v) is 4.44. The SMILES string of the molecule is CC#CC(CC(=O)O)c1ccc(O[C@@H](Cc2ccccc2C)c2ccc3cc[nH]c3c2C)cc1. The Bertz CT molecular complexity index is 1360. The van der Waals surface area contributed by atoms with E-state index in [9.17, 15) is 9.90 Å². The van der Waals surface area contributed by atoms with E-state index in [4.69, 9.17) is 4.74 Å². The molecule has 0 saturated carbocycles. The van der Waals surface area contributed by atoms with Crippen molar-refractivity contribution < 1.29 is 14.6 Å². The van der Waals surface area contributed by atoms with Gasteiger partial charge in [-0.2, -0.15) is 0 Å². The van der Waals surface area contributed by atoms with Crippen molar-refractivity contribution in [1.29, 1.82) is 0 Å². The molecule has 1 heterocycles. The van der Waals surface area contributed by atoms with E-state index in [1.165, 1.54) is 22.1 Å². The molecule has 4 rings (SSSR count). The molecule has 0 saturated heterocycles. The summed E-state index contributed by atoms with van der Waals surface area (Å²) in [6.07, 6.45) is 2.51. The van der Waals surface area contributed by atoms with Gasteiger partial charge in [-0.3, -0.25) is 4.79 Å². The number of aliphatic carboxylic acids is 1. The molecule has 4 aromatic rings. The van der Waals surface area contributed by atoms with Gasteiger partial charge < -0.3 is 14.8 Å². The van der Waals surface area contributed by atoms with Gasteiger partial charge >= 0.3 is 5.97 Å². The zero-order chi connectivity index (χ0) is 24.1. The van der Waals surface area contributed by atoms with E-state index >= 15 is 0 Å². The third-order valence-electron chi connectivity index (χ3n) is 6.30. The van der Waals surface area contributed by atoms with Gasteiger partial charge in [-0.05, 0) is 72.2 Å². The summed E-state index contributed by atoms with van der Waals surface area (Å²) in [4.78, 5) is 14.6. The lowest BCUT2D eigenvalue weighted by molar-refractivity contribution is -0.137. The first-order valence-corrected chi connectivity index (χ1v) is 11.5. The van der Waals surface area contributed by atoms with E-state index in [1.54, 1.807) is 6.92 Å². The van der Waals surface area contributed by atoms with Crippen LogP contribution in [0.15, 0.2) is 72.9 Å². The van der Waals surface area contributed by atoms with E-state index in [2.05, 4.69) is 73.1 Å². The maximum atomic E-state index is 11.2. The number of ether oxygens (including phenoxy) is 1. The molecule has 0 bridgehead atoms. The molecule has 1 aromatic heterocycles. The molecule has 1 unspecified atom stereocenters. The number of fused-ring (bicyclic) bond motifs is 1. The number of aromatic nitrogens is 1. The average Bonchev–Trinajstić information content (AvgIpc) is 3.30. The summed E-state index contributed by atoms with van der Waals surface area (Å²) < 4.78 is 6.58. The van der Waals surface area contributed by atoms with E-state index < -0.39 is 5.97 Å². The maximum absolute atomic E-state index is 11.2. The van der Waals surface area contributed by atoms with Gasteiger partial charge in [0.05, 0.1) is 12.3 Å². The zero-order valence-electron chi connectivity index (χ0n) is 19.8. The molecule has 0 radical (unpaired) electrons. The molecule has 0 aliphatic carbocycles. The van der Waals surface area contributed by atoms with Gasteiger partial charge in [0.2, 0.25) is 0 Å². The lowest BCUT2D eigenvalue weighted by atomic mass is 9.94. The topological polar surface area (TPSA) is 62.3 Å². The third kappa shape index (κ3) is 5.15. The number of aromatic amines is 1. The maximum Gasteiger partial charge on any atom is 0.304 e. The van der Waals surface area contributed by atoms with Crippen LogP contribution in [0.4, 0.5) is 0 Å². The van der Waals surface area contributed by atoms with Crippen LogP contribution in [0.25, 0.3) is 10.9 Å². The molecule has 0 spiro atoms. The van der Waals surface area contributed by atoms with Crippen LogP contribution in [0.1, 0.15) is 53.2 Å². The number of H-pyrrole nitrogens is 1. The first kappa shape index (κ1) is 23.2. The number of carboxylic acid groups (broad SMARTS) is 1. The lowest BCUT2D eigenvalue weighted by Crippen LogP contribution is -2.13. The van der Waals surface area contributed by atoms with Crippen LogP contribution in [-0.2, 0) is 11.2 Å². The number of nitrogens with one attached hydrogen (secondary N) is 1. The van der Waals surface area contributed by atoms with Gasteiger partial charge in [0.25, 0.3) is 0 Å². The summed E-state index contributed by atoms with van der Waals surface area (Å²) >= 11 is 0. The second-order valence-electron chi connectivity index (χ2n) is 8.57. The van der Waals surface area contributed by atoms with Crippen LogP contribution in [0, 0.1) is 25.7 Å². The van der Waals surface area contributed by atoms with Gasteiger partial charge in [0.1, 0.15) is 11.9 Å². The summed E-state index contributed by atoms with van der Waals surface area (Å²) in [6.45, 7) is 5.98. The van der Waals surface area contributed by atoms with Crippen molar-refractivity contribution in [3.05, 3.63) is 101 Å². The molecule has 172 valence electrons. The van der Waals surface area contributed by atoms with E-state index in [-0.39, 0.29) is 18.4 Å². The molecular formula is C30H29NO3. The molecular weight excluding hydrogens is 422 g/mol. The van der Waals surface area contributed by atoms with Crippen molar-refractivity contribution in [3.8, 4) is 17.6 Å². The van der Waals surface area contributed by atoms with Crippen molar-refractivity contribution in [2.45, 2.75) is 45.6 Å². The normalized spacial score (nSPS) is 12.6. The van der Waals surface area contributed by atoms with Crippen molar-refractivity contribution in [2.24, 2.45) is 0 Å². The van der Waals surface area contributed by atoms with E-state index in [0.717, 1.165) is 28.8 Å². The molecule has 34 heavy (non-hydrogen) atoms. The van der Waals surface area contributed by atoms with Crippen LogP contribution in [0.2, 0.25) is 0 Å². The average molecular weight is 452 g/mol. The monoisotopic (exact) mass is 451 g/mol. The molecule has 2 N–H and O–H groups in total. The summed E-state index contributed by atoms with van der Waals surface area (Å²) in [7, 11) is 0. The Morgan fingerprint density at radius 1 is 1.03 bits per heavy atom. The third-order valence-corrected chi connectivity index (χ3v) is 6.30. The summed E-state index contributed by atoms with van der Waals surface area (Å²) in [5.41, 5.74) is 6.80. The minimum Gasteiger partial charge on any atom is -0.485 e. The molecule has 0 aliphatic rings. The summed E-state index contributed by atoms with van der Waals surface area (Å²) in [5, 5.41) is 10.4. The smallest absolute Gasteiger partial charge is 0.304 e. The highest BCUT2D eigenvalue weighted by molar-refractivity contribution is 5.83. The highest BCUT2D eigenvalue weighted by Gasteiger charge is 2.20. The van der Waals surface area contributed by atoms with E-state index in [1.807, 2.05) is 30.5 Å². The Kier molecular flexibility index (Phi) is 7.04. The Morgan fingerprint density at radius 3 is 2.50 bits per heavy atom. The van der Waals surface area contributed by atoms with Crippen LogP contribution >= 0.6 is 0 Å². The number of rotatable bonds is 8. The van der Waals surface area contributed by atoms with Gasteiger partial charge in [-0.25, -0.2) is 0 Å². The molecule has 0 fully saturated rings. The van der Waals surface area contributed by atoms with Crippen LogP contribution in [-0.4, -0.2) is 16.1 Å². The van der Waals surface area contributed by atoms with Gasteiger partial charge in [-0.1, -0.05) is 54.5 Å². The van der Waals surface area contributed by atoms with Crippen molar-refractivity contribution >= 4 is 16.9 Å². The quantitative estimate of drug-likeness (QED) is 0.292. The van der Waals surface area contributed by atoms with Crippen LogP contribution < -0.4 is 4.74 Å². The Labute approximate surface area is 200 Å². The second kappa shape index (κ2) is 10.3. The minimum absolute atomic E-state index is 0.0215. The predicted octanol–water partition coefficient (Wildman–Crippen LogP) is 6.73. The Morgan fingerprint density at radius 2 is 1.79 bits per heavy atom. The number of benzene rings is 3. The van der Waals surface area contributed by atoms with Crippen molar-refractivity contribution in [2.75, 3.05) is 0 Å². The number of carbonyl (C=O) groups is 1. The fourth-order valence-electron chi connectivity index (χ4n) is 4.44. The van der Waals surface area contributed by atoms with Crippen molar-refractivity contribution in [1.82, 2.24) is 4.98 Å². The molecule has 0 aliphatic heterocycles. The van der Waals surface area contributed by atoms with Gasteiger partial charge in [0.15, 0.2) is 0 Å². The van der Waals surface area contributed by atoms with Gasteiger partial charge in [0, 0.05) is 18.1 Å². The minimum atomic E-state index is -0.860. The number of hydrogen-bond acceptors (Lipinski definition) is 2. The van der Waals surface area contributed by atoms with E-state index in [0.29, 0.717) is 0 Å². The Balaban J connectivity index is 1.66. The first-order valence-electron chi connectivity index (χ1n) is 11.5. The molecule has 4 heteroatoms. The number of carboxylic acids is 1. The highest BCUT2D eigenvalue weighted by Crippen LogP contribution is 2.32. The largest absolute Gasteiger partial charge is 0.485 e. The fraction of sp³-hybridized carbons (Fsp3) is 0.233. The van der Waals surface area contributed by atoms with Crippen LogP contribution in [0.3, 0.4) is 0 Å². The first-order chi connectivity index (χ1) is 16.5. The molecule has 3 aromatic carbocycles. The summed E-state index contributed by atoms with van der Waals surface area (Å²) in [6, 6.07) is 22.4. The molecule has 2 atom stereocenters. The van der Waals surface area contributed by atoms with Crippen molar-refractivity contribution in [3.63, 3.8) is 0 Å².